The van der Waals surface area contributed by atoms with E-state index in [9.17, 15) is 5.11 Å². The number of ether oxygens (including phenoxy) is 1. The first-order valence-corrected chi connectivity index (χ1v) is 4.40. The molecule has 0 aromatic heterocycles. The summed E-state index contributed by atoms with van der Waals surface area (Å²) in [6, 6.07) is 0. The van der Waals surface area contributed by atoms with E-state index in [2.05, 4.69) is 0 Å². The quantitative estimate of drug-likeness (QED) is 0.755. The average Bonchev–Trinajstić information content (AvgIpc) is 2.13. The molecule has 0 atom stereocenters. The Morgan fingerprint density at radius 1 is 1.08 bits per heavy atom. The van der Waals surface area contributed by atoms with Gasteiger partial charge in [0.25, 0.3) is 0 Å². The zero-order valence-electron chi connectivity index (χ0n) is 8.23. The highest BCUT2D eigenvalue weighted by Gasteiger charge is 2.15. The third kappa shape index (κ3) is 1.46. The SMILES string of the molecule is COc1c(C)c(O)c(C)c(C)c1Cl. The van der Waals surface area contributed by atoms with Crippen LogP contribution < -0.4 is 4.74 Å². The summed E-state index contributed by atoms with van der Waals surface area (Å²) in [5.41, 5.74) is 2.36. The Balaban J connectivity index is 3.56. The fraction of sp³-hybridized carbons (Fsp3) is 0.400. The van der Waals surface area contributed by atoms with Crippen molar-refractivity contribution >= 4 is 11.6 Å². The predicted molar refractivity (Wildman–Crippen MR) is 53.9 cm³/mol. The lowest BCUT2D eigenvalue weighted by Gasteiger charge is -2.14. The molecular formula is C10H13ClO2. The molecule has 0 amide bonds. The van der Waals surface area contributed by atoms with Crippen molar-refractivity contribution in [3.63, 3.8) is 0 Å². The summed E-state index contributed by atoms with van der Waals surface area (Å²) in [6.45, 7) is 5.48. The molecule has 1 N–H and O–H groups in total. The summed E-state index contributed by atoms with van der Waals surface area (Å²) in [6.07, 6.45) is 0. The fourth-order valence-electron chi connectivity index (χ4n) is 1.31. The van der Waals surface area contributed by atoms with Gasteiger partial charge in [-0.15, -0.1) is 0 Å². The second-order valence-electron chi connectivity index (χ2n) is 3.07. The zero-order valence-corrected chi connectivity index (χ0v) is 8.99. The summed E-state index contributed by atoms with van der Waals surface area (Å²) < 4.78 is 5.10. The molecule has 3 heteroatoms. The van der Waals surface area contributed by atoms with Gasteiger partial charge in [0, 0.05) is 5.56 Å². The van der Waals surface area contributed by atoms with Gasteiger partial charge < -0.3 is 9.84 Å². The molecule has 13 heavy (non-hydrogen) atoms. The molecule has 0 aliphatic heterocycles. The highest BCUT2D eigenvalue weighted by atomic mass is 35.5. The number of hydrogen-bond acceptors (Lipinski definition) is 2. The van der Waals surface area contributed by atoms with E-state index in [0.717, 1.165) is 11.1 Å². The normalized spacial score (nSPS) is 10.2. The standard InChI is InChI=1S/C10H13ClO2/c1-5-6(2)9(12)7(3)10(13-4)8(5)11/h12H,1-4H3. The number of methoxy groups -OCH3 is 1. The molecule has 0 saturated carbocycles. The molecule has 0 aliphatic rings. The van der Waals surface area contributed by atoms with Gasteiger partial charge in [-0.25, -0.2) is 0 Å². The van der Waals surface area contributed by atoms with E-state index in [-0.39, 0.29) is 5.75 Å². The smallest absolute Gasteiger partial charge is 0.144 e. The molecule has 1 aromatic rings. The predicted octanol–water partition coefficient (Wildman–Crippen LogP) is 2.98. The summed E-state index contributed by atoms with van der Waals surface area (Å²) in [4.78, 5) is 0. The second kappa shape index (κ2) is 3.46. The molecule has 1 rings (SSSR count). The average molecular weight is 201 g/mol. The number of benzene rings is 1. The minimum Gasteiger partial charge on any atom is -0.507 e. The number of aromatic hydroxyl groups is 1. The van der Waals surface area contributed by atoms with E-state index in [1.54, 1.807) is 14.0 Å². The van der Waals surface area contributed by atoms with Crippen LogP contribution in [-0.4, -0.2) is 12.2 Å². The molecule has 72 valence electrons. The zero-order chi connectivity index (χ0) is 10.2. The van der Waals surface area contributed by atoms with E-state index < -0.39 is 0 Å². The highest BCUT2D eigenvalue weighted by molar-refractivity contribution is 6.33. The number of halogens is 1. The Kier molecular flexibility index (Phi) is 2.71. The highest BCUT2D eigenvalue weighted by Crippen LogP contribution is 2.39. The van der Waals surface area contributed by atoms with Crippen molar-refractivity contribution in [3.05, 3.63) is 21.7 Å². The Labute approximate surface area is 83.1 Å². The van der Waals surface area contributed by atoms with Crippen LogP contribution in [0.5, 0.6) is 11.5 Å². The maximum Gasteiger partial charge on any atom is 0.144 e. The van der Waals surface area contributed by atoms with Crippen LogP contribution in [0.15, 0.2) is 0 Å². The topological polar surface area (TPSA) is 29.5 Å². The molecule has 2 nitrogen and oxygen atoms in total. The number of phenols is 1. The summed E-state index contributed by atoms with van der Waals surface area (Å²) in [5, 5.41) is 10.3. The lowest BCUT2D eigenvalue weighted by molar-refractivity contribution is 0.401. The van der Waals surface area contributed by atoms with Crippen molar-refractivity contribution < 1.29 is 9.84 Å². The lowest BCUT2D eigenvalue weighted by Crippen LogP contribution is -1.94. The number of phenolic OH excluding ortho intramolecular Hbond substituents is 1. The Morgan fingerprint density at radius 3 is 2.08 bits per heavy atom. The minimum atomic E-state index is 0.263. The third-order valence-electron chi connectivity index (χ3n) is 2.35. The molecule has 1 aromatic carbocycles. The summed E-state index contributed by atoms with van der Waals surface area (Å²) in [5.74, 6) is 0.820. The Morgan fingerprint density at radius 2 is 1.62 bits per heavy atom. The first-order valence-electron chi connectivity index (χ1n) is 4.02. The third-order valence-corrected chi connectivity index (χ3v) is 2.80. The van der Waals surface area contributed by atoms with Gasteiger partial charge >= 0.3 is 0 Å². The van der Waals surface area contributed by atoms with E-state index in [0.29, 0.717) is 16.3 Å². The molecule has 0 saturated heterocycles. The van der Waals surface area contributed by atoms with Gasteiger partial charge in [-0.1, -0.05) is 11.6 Å². The van der Waals surface area contributed by atoms with Crippen LogP contribution in [0.2, 0.25) is 5.02 Å². The lowest BCUT2D eigenvalue weighted by atomic mass is 10.0. The van der Waals surface area contributed by atoms with Crippen LogP contribution in [0, 0.1) is 20.8 Å². The van der Waals surface area contributed by atoms with Gasteiger partial charge in [-0.3, -0.25) is 0 Å². The molecule has 0 bridgehead atoms. The summed E-state index contributed by atoms with van der Waals surface area (Å²) in [7, 11) is 1.54. The van der Waals surface area contributed by atoms with Gasteiger partial charge in [-0.05, 0) is 31.9 Å². The first-order chi connectivity index (χ1) is 6.00. The van der Waals surface area contributed by atoms with Crippen molar-refractivity contribution in [2.75, 3.05) is 7.11 Å². The van der Waals surface area contributed by atoms with E-state index >= 15 is 0 Å². The van der Waals surface area contributed by atoms with Gasteiger partial charge in [0.1, 0.15) is 11.5 Å². The maximum atomic E-state index is 9.68. The molecule has 0 spiro atoms. The fourth-order valence-corrected chi connectivity index (χ4v) is 1.67. The Bertz CT molecular complexity index is 316. The minimum absolute atomic E-state index is 0.263. The van der Waals surface area contributed by atoms with Crippen molar-refractivity contribution in [1.82, 2.24) is 0 Å². The van der Waals surface area contributed by atoms with Gasteiger partial charge in [0.05, 0.1) is 12.1 Å². The van der Waals surface area contributed by atoms with Crippen molar-refractivity contribution in [2.45, 2.75) is 20.8 Å². The molecule has 0 heterocycles. The van der Waals surface area contributed by atoms with Gasteiger partial charge in [-0.2, -0.15) is 0 Å². The number of rotatable bonds is 1. The van der Waals surface area contributed by atoms with Crippen LogP contribution in [0.25, 0.3) is 0 Å². The van der Waals surface area contributed by atoms with Crippen LogP contribution in [0.4, 0.5) is 0 Å². The van der Waals surface area contributed by atoms with E-state index in [1.807, 2.05) is 13.8 Å². The van der Waals surface area contributed by atoms with E-state index in [4.69, 9.17) is 16.3 Å². The number of hydrogen-bond donors (Lipinski definition) is 1. The molecule has 0 fully saturated rings. The first kappa shape index (κ1) is 10.2. The molecule has 0 unspecified atom stereocenters. The van der Waals surface area contributed by atoms with Crippen molar-refractivity contribution in [2.24, 2.45) is 0 Å². The van der Waals surface area contributed by atoms with Crippen LogP contribution in [0.3, 0.4) is 0 Å². The Hall–Kier alpha value is -0.890. The van der Waals surface area contributed by atoms with Crippen LogP contribution in [0.1, 0.15) is 16.7 Å². The summed E-state index contributed by atoms with van der Waals surface area (Å²) >= 11 is 6.04. The van der Waals surface area contributed by atoms with E-state index in [1.165, 1.54) is 0 Å². The maximum absolute atomic E-state index is 9.68. The van der Waals surface area contributed by atoms with Gasteiger partial charge in [0.2, 0.25) is 0 Å². The van der Waals surface area contributed by atoms with Crippen molar-refractivity contribution in [3.8, 4) is 11.5 Å². The van der Waals surface area contributed by atoms with Gasteiger partial charge in [0.15, 0.2) is 0 Å². The van der Waals surface area contributed by atoms with Crippen molar-refractivity contribution in [1.29, 1.82) is 0 Å². The second-order valence-corrected chi connectivity index (χ2v) is 3.45. The van der Waals surface area contributed by atoms with Crippen LogP contribution >= 0.6 is 11.6 Å². The largest absolute Gasteiger partial charge is 0.507 e. The monoisotopic (exact) mass is 200 g/mol. The van der Waals surface area contributed by atoms with Crippen LogP contribution in [-0.2, 0) is 0 Å². The molecule has 0 radical (unpaired) electrons. The molecule has 0 aliphatic carbocycles. The molecular weight excluding hydrogens is 188 g/mol.